The number of fused-ring (bicyclic) bond motifs is 3. The highest BCUT2D eigenvalue weighted by atomic mass is 35.5. The normalized spacial score (nSPS) is 16.3. The minimum absolute atomic E-state index is 0. The molecule has 180 valence electrons. The van der Waals surface area contributed by atoms with Gasteiger partial charge in [-0.15, -0.1) is 12.4 Å². The molecule has 0 fully saturated rings. The molecule has 0 bridgehead atoms. The van der Waals surface area contributed by atoms with Gasteiger partial charge in [0.2, 0.25) is 6.79 Å². The standard InChI is InChI=1S/C27H30N2O4.ClH/c1-5-26(29-11-10-21-14-24-25(33-16-32-24)15-23(21)27(29)30)28(3)17(2)18-6-7-20-13-22(31-4)9-8-19(20)12-18;/h6-9,12-15,17,26H,5,10-11,16H2,1-4H3;1H. The van der Waals surface area contributed by atoms with Crippen molar-refractivity contribution in [2.24, 2.45) is 0 Å². The van der Waals surface area contributed by atoms with Gasteiger partial charge in [-0.05, 0) is 79.0 Å². The van der Waals surface area contributed by atoms with Crippen LogP contribution in [0.1, 0.15) is 47.8 Å². The van der Waals surface area contributed by atoms with Crippen molar-refractivity contribution >= 4 is 29.1 Å². The molecule has 2 unspecified atom stereocenters. The lowest BCUT2D eigenvalue weighted by molar-refractivity contribution is 0.0234. The Morgan fingerprint density at radius 3 is 2.50 bits per heavy atom. The summed E-state index contributed by atoms with van der Waals surface area (Å²) in [6, 6.07) is 16.6. The van der Waals surface area contributed by atoms with Crippen LogP contribution in [0.5, 0.6) is 17.2 Å². The van der Waals surface area contributed by atoms with Gasteiger partial charge in [0.1, 0.15) is 5.75 Å². The third-order valence-electron chi connectivity index (χ3n) is 7.07. The van der Waals surface area contributed by atoms with Gasteiger partial charge in [-0.1, -0.05) is 25.1 Å². The van der Waals surface area contributed by atoms with E-state index in [4.69, 9.17) is 14.2 Å². The fraction of sp³-hybridized carbons (Fsp3) is 0.370. The number of nitrogens with zero attached hydrogens (tertiary/aromatic N) is 2. The number of hydrogen-bond donors (Lipinski definition) is 0. The number of amides is 1. The number of ether oxygens (including phenoxy) is 3. The molecule has 7 heteroatoms. The van der Waals surface area contributed by atoms with Gasteiger partial charge in [0.05, 0.1) is 13.3 Å². The topological polar surface area (TPSA) is 51.2 Å². The maximum absolute atomic E-state index is 13.5. The van der Waals surface area contributed by atoms with E-state index in [0.29, 0.717) is 12.3 Å². The molecule has 0 N–H and O–H groups in total. The number of hydrogen-bond acceptors (Lipinski definition) is 5. The second kappa shape index (κ2) is 9.72. The Morgan fingerprint density at radius 2 is 1.76 bits per heavy atom. The molecular weight excluding hydrogens is 452 g/mol. The van der Waals surface area contributed by atoms with Crippen LogP contribution in [-0.2, 0) is 6.42 Å². The number of rotatable bonds is 6. The first-order valence-electron chi connectivity index (χ1n) is 11.5. The molecule has 1 amide bonds. The first-order valence-corrected chi connectivity index (χ1v) is 11.5. The summed E-state index contributed by atoms with van der Waals surface area (Å²) in [6.07, 6.45) is 1.66. The Balaban J connectivity index is 0.00000274. The molecule has 0 aromatic heterocycles. The van der Waals surface area contributed by atoms with E-state index in [2.05, 4.69) is 56.1 Å². The maximum Gasteiger partial charge on any atom is 0.255 e. The lowest BCUT2D eigenvalue weighted by atomic mass is 9.96. The van der Waals surface area contributed by atoms with E-state index in [9.17, 15) is 4.79 Å². The second-order valence-corrected chi connectivity index (χ2v) is 8.81. The fourth-order valence-electron chi connectivity index (χ4n) is 5.02. The third-order valence-corrected chi connectivity index (χ3v) is 7.07. The zero-order valence-electron chi connectivity index (χ0n) is 20.0. The average molecular weight is 483 g/mol. The molecule has 34 heavy (non-hydrogen) atoms. The van der Waals surface area contributed by atoms with Crippen LogP contribution in [0.15, 0.2) is 48.5 Å². The van der Waals surface area contributed by atoms with Crippen molar-refractivity contribution in [3.05, 3.63) is 65.2 Å². The summed E-state index contributed by atoms with van der Waals surface area (Å²) in [5.74, 6) is 2.32. The molecule has 2 heterocycles. The molecule has 6 nitrogen and oxygen atoms in total. The number of halogens is 1. The number of carbonyl (C=O) groups is 1. The molecule has 3 aromatic rings. The van der Waals surface area contributed by atoms with E-state index in [1.54, 1.807) is 7.11 Å². The highest BCUT2D eigenvalue weighted by molar-refractivity contribution is 5.97. The van der Waals surface area contributed by atoms with Crippen LogP contribution in [0, 0.1) is 0 Å². The zero-order valence-corrected chi connectivity index (χ0v) is 20.9. The van der Waals surface area contributed by atoms with E-state index in [1.807, 2.05) is 23.1 Å². The summed E-state index contributed by atoms with van der Waals surface area (Å²) < 4.78 is 16.4. The van der Waals surface area contributed by atoms with Gasteiger partial charge in [0.15, 0.2) is 11.5 Å². The van der Waals surface area contributed by atoms with Gasteiger partial charge in [0, 0.05) is 18.2 Å². The average Bonchev–Trinajstić information content (AvgIpc) is 3.31. The third kappa shape index (κ3) is 4.17. The summed E-state index contributed by atoms with van der Waals surface area (Å²) in [7, 11) is 3.80. The lowest BCUT2D eigenvalue weighted by Crippen LogP contribution is -2.52. The number of carbonyl (C=O) groups excluding carboxylic acids is 1. The van der Waals surface area contributed by atoms with Gasteiger partial charge < -0.3 is 19.1 Å². The summed E-state index contributed by atoms with van der Waals surface area (Å²) in [5, 5.41) is 2.34. The first-order chi connectivity index (χ1) is 16.0. The quantitative estimate of drug-likeness (QED) is 0.469. The predicted molar refractivity (Wildman–Crippen MR) is 135 cm³/mol. The first kappa shape index (κ1) is 24.2. The SMILES string of the molecule is CCC(N1CCc2cc3c(cc2C1=O)OCO3)N(C)C(C)c1ccc2cc(OC)ccc2c1.Cl. The Morgan fingerprint density at radius 1 is 1.06 bits per heavy atom. The smallest absolute Gasteiger partial charge is 0.255 e. The molecular formula is C27H31ClN2O4. The largest absolute Gasteiger partial charge is 0.497 e. The van der Waals surface area contributed by atoms with Crippen LogP contribution in [0.25, 0.3) is 10.8 Å². The van der Waals surface area contributed by atoms with Crippen molar-refractivity contribution < 1.29 is 19.0 Å². The van der Waals surface area contributed by atoms with E-state index in [0.717, 1.165) is 40.9 Å². The van der Waals surface area contributed by atoms with Crippen molar-refractivity contribution in [1.29, 1.82) is 0 Å². The zero-order chi connectivity index (χ0) is 23.1. The van der Waals surface area contributed by atoms with E-state index in [-0.39, 0.29) is 37.3 Å². The Hall–Kier alpha value is -2.96. The van der Waals surface area contributed by atoms with Crippen LogP contribution in [-0.4, -0.2) is 49.4 Å². The van der Waals surface area contributed by atoms with E-state index >= 15 is 0 Å². The fourth-order valence-corrected chi connectivity index (χ4v) is 5.02. The second-order valence-electron chi connectivity index (χ2n) is 8.81. The molecule has 0 saturated carbocycles. The van der Waals surface area contributed by atoms with Crippen LogP contribution < -0.4 is 14.2 Å². The molecule has 5 rings (SSSR count). The lowest BCUT2D eigenvalue weighted by Gasteiger charge is -2.42. The summed E-state index contributed by atoms with van der Waals surface area (Å²) >= 11 is 0. The Bertz CT molecular complexity index is 1210. The molecule has 0 radical (unpaired) electrons. The van der Waals surface area contributed by atoms with Crippen LogP contribution in [0.2, 0.25) is 0 Å². The van der Waals surface area contributed by atoms with Crippen LogP contribution >= 0.6 is 12.4 Å². The van der Waals surface area contributed by atoms with Crippen LogP contribution in [0.3, 0.4) is 0 Å². The van der Waals surface area contributed by atoms with Crippen molar-refractivity contribution in [3.8, 4) is 17.2 Å². The molecule has 0 aliphatic carbocycles. The molecule has 3 aromatic carbocycles. The van der Waals surface area contributed by atoms with Gasteiger partial charge in [0.25, 0.3) is 5.91 Å². The summed E-state index contributed by atoms with van der Waals surface area (Å²) in [5.41, 5.74) is 2.99. The van der Waals surface area contributed by atoms with Gasteiger partial charge in [-0.3, -0.25) is 9.69 Å². The van der Waals surface area contributed by atoms with Crippen molar-refractivity contribution in [2.45, 2.75) is 38.9 Å². The molecule has 0 saturated heterocycles. The predicted octanol–water partition coefficient (Wildman–Crippen LogP) is 5.43. The van der Waals surface area contributed by atoms with Crippen molar-refractivity contribution in [1.82, 2.24) is 9.80 Å². The minimum Gasteiger partial charge on any atom is -0.497 e. The Kier molecular flexibility index (Phi) is 6.91. The van der Waals surface area contributed by atoms with Gasteiger partial charge >= 0.3 is 0 Å². The van der Waals surface area contributed by atoms with Gasteiger partial charge in [-0.25, -0.2) is 0 Å². The summed E-state index contributed by atoms with van der Waals surface area (Å²) in [6.45, 7) is 5.25. The van der Waals surface area contributed by atoms with Crippen LogP contribution in [0.4, 0.5) is 0 Å². The van der Waals surface area contributed by atoms with Crippen molar-refractivity contribution in [2.75, 3.05) is 27.5 Å². The maximum atomic E-state index is 13.5. The Labute approximate surface area is 206 Å². The van der Waals surface area contributed by atoms with E-state index < -0.39 is 0 Å². The highest BCUT2D eigenvalue weighted by Gasteiger charge is 2.34. The monoisotopic (exact) mass is 482 g/mol. The van der Waals surface area contributed by atoms with E-state index in [1.165, 1.54) is 10.9 Å². The summed E-state index contributed by atoms with van der Waals surface area (Å²) in [4.78, 5) is 17.8. The highest BCUT2D eigenvalue weighted by Crippen LogP contribution is 2.38. The molecule has 2 atom stereocenters. The minimum atomic E-state index is -0.00219. The number of benzene rings is 3. The molecule has 2 aliphatic rings. The number of methoxy groups -OCH3 is 1. The molecule has 0 spiro atoms. The van der Waals surface area contributed by atoms with Crippen molar-refractivity contribution in [3.63, 3.8) is 0 Å². The van der Waals surface area contributed by atoms with Gasteiger partial charge in [-0.2, -0.15) is 0 Å². The molecule has 2 aliphatic heterocycles.